The summed E-state index contributed by atoms with van der Waals surface area (Å²) in [4.78, 5) is 13.2. The first-order valence-corrected chi connectivity index (χ1v) is 14.2. The Bertz CT molecular complexity index is 1200. The van der Waals surface area contributed by atoms with E-state index in [1.165, 1.54) is 0 Å². The Morgan fingerprint density at radius 2 is 1.80 bits per heavy atom. The predicted octanol–water partition coefficient (Wildman–Crippen LogP) is 6.63. The molecular weight excluding hydrogens is 482 g/mol. The van der Waals surface area contributed by atoms with Gasteiger partial charge in [-0.15, -0.1) is 22.5 Å². The molecule has 0 saturated carbocycles. The molecule has 1 aliphatic heterocycles. The summed E-state index contributed by atoms with van der Waals surface area (Å²) >= 11 is 1.64. The Hall–Kier alpha value is -2.49. The summed E-state index contributed by atoms with van der Waals surface area (Å²) < 4.78 is 30.2. The van der Waals surface area contributed by atoms with Gasteiger partial charge in [0.15, 0.2) is 0 Å². The van der Waals surface area contributed by atoms with E-state index in [2.05, 4.69) is 0 Å². The first-order valence-electron chi connectivity index (χ1n) is 11.4. The maximum absolute atomic E-state index is 11.7. The van der Waals surface area contributed by atoms with Gasteiger partial charge in [0.25, 0.3) is 0 Å². The third kappa shape index (κ3) is 5.68. The lowest BCUT2D eigenvalue weighted by Gasteiger charge is -2.42. The van der Waals surface area contributed by atoms with Gasteiger partial charge < -0.3 is 9.84 Å². The van der Waals surface area contributed by atoms with Crippen LogP contribution >= 0.6 is 22.5 Å². The molecule has 3 aromatic carbocycles. The minimum atomic E-state index is -3.27. The van der Waals surface area contributed by atoms with Gasteiger partial charge in [-0.2, -0.15) is 4.31 Å². The molecule has 186 valence electrons. The summed E-state index contributed by atoms with van der Waals surface area (Å²) in [7, 11) is -3.27. The molecule has 0 saturated heterocycles. The van der Waals surface area contributed by atoms with E-state index >= 15 is 0 Å². The minimum Gasteiger partial charge on any atom is -0.487 e. The zero-order valence-corrected chi connectivity index (χ0v) is 21.7. The monoisotopic (exact) mass is 513 g/mol. The van der Waals surface area contributed by atoms with E-state index in [1.807, 2.05) is 68.6 Å². The number of carbonyl (C=O) groups is 1. The van der Waals surface area contributed by atoms with Crippen LogP contribution < -0.4 is 4.74 Å². The highest BCUT2D eigenvalue weighted by Crippen LogP contribution is 2.57. The number of hydrogen-bond acceptors (Lipinski definition) is 6. The third-order valence-electron chi connectivity index (χ3n) is 6.31. The standard InChI is InChI=1S/C27H31NO5S2/c1-18-8-9-21(24(15-27(29)30)20-10-12-23(34-3)13-11-20)14-22(18)17-28-16-19(2)33-25-6-4-5-7-26(25)35(28,31)32/h4-14,19,24,31-32H,15-17H2,1-3H3,(H,29,30)/t19-,24?/m1/s1. The van der Waals surface area contributed by atoms with Gasteiger partial charge in [-0.05, 0) is 66.6 Å². The Morgan fingerprint density at radius 3 is 2.49 bits per heavy atom. The molecule has 0 amide bonds. The number of thioether (sulfide) groups is 1. The first kappa shape index (κ1) is 25.6. The molecule has 0 spiro atoms. The number of benzene rings is 3. The van der Waals surface area contributed by atoms with Crippen LogP contribution in [0.4, 0.5) is 0 Å². The van der Waals surface area contributed by atoms with Gasteiger partial charge in [0, 0.05) is 17.4 Å². The quantitative estimate of drug-likeness (QED) is 0.305. The van der Waals surface area contributed by atoms with Crippen LogP contribution in [0.5, 0.6) is 5.75 Å². The van der Waals surface area contributed by atoms with E-state index in [0.29, 0.717) is 23.7 Å². The Labute approximate surface area is 212 Å². The lowest BCUT2D eigenvalue weighted by Crippen LogP contribution is -2.33. The van der Waals surface area contributed by atoms with Crippen molar-refractivity contribution in [3.8, 4) is 5.75 Å². The second-order valence-corrected chi connectivity index (χ2v) is 11.7. The average Bonchev–Trinajstić information content (AvgIpc) is 2.92. The number of nitrogens with zero attached hydrogens (tertiary/aromatic N) is 1. The molecular formula is C27H31NO5S2. The van der Waals surface area contributed by atoms with Gasteiger partial charge in [0.2, 0.25) is 0 Å². The molecule has 0 radical (unpaired) electrons. The molecule has 0 aromatic heterocycles. The Balaban J connectivity index is 1.69. The van der Waals surface area contributed by atoms with Crippen LogP contribution in [0.25, 0.3) is 0 Å². The summed E-state index contributed by atoms with van der Waals surface area (Å²) in [5.74, 6) is -0.686. The number of para-hydroxylation sites is 1. The number of carboxylic acid groups (broad SMARTS) is 1. The van der Waals surface area contributed by atoms with Crippen LogP contribution in [0.2, 0.25) is 0 Å². The number of rotatable bonds is 7. The molecule has 1 aliphatic rings. The van der Waals surface area contributed by atoms with Crippen molar-refractivity contribution in [2.24, 2.45) is 0 Å². The molecule has 2 atom stereocenters. The highest BCUT2D eigenvalue weighted by Gasteiger charge is 2.34. The lowest BCUT2D eigenvalue weighted by molar-refractivity contribution is -0.137. The van der Waals surface area contributed by atoms with E-state index in [0.717, 1.165) is 27.1 Å². The zero-order valence-electron chi connectivity index (χ0n) is 20.0. The Morgan fingerprint density at radius 1 is 1.11 bits per heavy atom. The molecule has 3 N–H and O–H groups in total. The SMILES string of the molecule is CSc1ccc(C(CC(=O)O)c2ccc(C)c(CN3C[C@@H](C)Oc4ccccc4S3(O)O)c2)cc1. The maximum atomic E-state index is 11.7. The van der Waals surface area contributed by atoms with Crippen molar-refractivity contribution in [3.05, 3.63) is 89.0 Å². The van der Waals surface area contributed by atoms with Gasteiger partial charge in [-0.25, -0.2) is 0 Å². The van der Waals surface area contributed by atoms with E-state index in [4.69, 9.17) is 4.74 Å². The predicted molar refractivity (Wildman–Crippen MR) is 142 cm³/mol. The van der Waals surface area contributed by atoms with Gasteiger partial charge >= 0.3 is 5.97 Å². The van der Waals surface area contributed by atoms with Crippen LogP contribution in [0.1, 0.15) is 41.5 Å². The summed E-state index contributed by atoms with van der Waals surface area (Å²) in [6.07, 6.45) is 1.74. The van der Waals surface area contributed by atoms with E-state index in [-0.39, 0.29) is 18.4 Å². The topological polar surface area (TPSA) is 90.2 Å². The summed E-state index contributed by atoms with van der Waals surface area (Å²) in [6, 6.07) is 21.0. The van der Waals surface area contributed by atoms with Crippen molar-refractivity contribution >= 4 is 28.5 Å². The largest absolute Gasteiger partial charge is 0.487 e. The maximum Gasteiger partial charge on any atom is 0.304 e. The highest BCUT2D eigenvalue weighted by molar-refractivity contribution is 8.22. The van der Waals surface area contributed by atoms with E-state index < -0.39 is 16.7 Å². The Kier molecular flexibility index (Phi) is 7.78. The van der Waals surface area contributed by atoms with E-state index in [9.17, 15) is 19.0 Å². The number of carboxylic acids is 1. The van der Waals surface area contributed by atoms with Crippen molar-refractivity contribution in [2.75, 3.05) is 12.8 Å². The summed E-state index contributed by atoms with van der Waals surface area (Å²) in [5.41, 5.74) is 3.75. The molecule has 6 nitrogen and oxygen atoms in total. The molecule has 1 heterocycles. The lowest BCUT2D eigenvalue weighted by atomic mass is 9.87. The van der Waals surface area contributed by atoms with Crippen LogP contribution in [-0.4, -0.2) is 43.4 Å². The molecule has 0 bridgehead atoms. The molecule has 0 aliphatic carbocycles. The zero-order chi connectivity index (χ0) is 25.2. The normalized spacial score (nSPS) is 19.2. The second-order valence-electron chi connectivity index (χ2n) is 8.83. The number of aliphatic carboxylic acids is 1. The van der Waals surface area contributed by atoms with Gasteiger partial charge in [-0.1, -0.05) is 42.5 Å². The number of hydrogen-bond donors (Lipinski definition) is 3. The van der Waals surface area contributed by atoms with Crippen molar-refractivity contribution < 1.29 is 23.7 Å². The van der Waals surface area contributed by atoms with E-state index in [1.54, 1.807) is 34.3 Å². The van der Waals surface area contributed by atoms with Crippen molar-refractivity contribution in [1.29, 1.82) is 0 Å². The summed E-state index contributed by atoms with van der Waals surface area (Å²) in [5, 5.41) is 9.63. The van der Waals surface area contributed by atoms with Crippen molar-refractivity contribution in [1.82, 2.24) is 4.31 Å². The highest BCUT2D eigenvalue weighted by atomic mass is 32.3. The van der Waals surface area contributed by atoms with Crippen molar-refractivity contribution in [2.45, 2.75) is 48.6 Å². The molecule has 35 heavy (non-hydrogen) atoms. The van der Waals surface area contributed by atoms with Gasteiger partial charge in [0.05, 0.1) is 13.0 Å². The molecule has 4 rings (SSSR count). The third-order valence-corrected chi connectivity index (χ3v) is 8.98. The number of ether oxygens (including phenoxy) is 1. The number of aryl methyl sites for hydroxylation is 1. The summed E-state index contributed by atoms with van der Waals surface area (Å²) in [6.45, 7) is 4.54. The molecule has 8 heteroatoms. The fourth-order valence-corrected chi connectivity index (χ4v) is 6.49. The number of fused-ring (bicyclic) bond motifs is 1. The van der Waals surface area contributed by atoms with Crippen LogP contribution in [0.3, 0.4) is 0 Å². The molecule has 1 unspecified atom stereocenters. The second kappa shape index (κ2) is 10.6. The van der Waals surface area contributed by atoms with Crippen LogP contribution in [-0.2, 0) is 11.3 Å². The fourth-order valence-electron chi connectivity index (χ4n) is 4.42. The minimum absolute atomic E-state index is 0.0295. The average molecular weight is 514 g/mol. The molecule has 3 aromatic rings. The molecule has 0 fully saturated rings. The fraction of sp³-hybridized carbons (Fsp3) is 0.296. The van der Waals surface area contributed by atoms with Crippen LogP contribution in [0.15, 0.2) is 76.5 Å². The van der Waals surface area contributed by atoms with Crippen molar-refractivity contribution in [3.63, 3.8) is 0 Å². The smallest absolute Gasteiger partial charge is 0.304 e. The van der Waals surface area contributed by atoms with Crippen LogP contribution in [0, 0.1) is 6.92 Å². The first-order chi connectivity index (χ1) is 16.7. The van der Waals surface area contributed by atoms with Gasteiger partial charge in [-0.3, -0.25) is 13.9 Å². The van der Waals surface area contributed by atoms with Gasteiger partial charge in [0.1, 0.15) is 16.7 Å².